The van der Waals surface area contributed by atoms with Crippen LogP contribution in [0.2, 0.25) is 0 Å². The number of aryl methyl sites for hydroxylation is 1. The highest BCUT2D eigenvalue weighted by Crippen LogP contribution is 2.29. The molecule has 0 saturated carbocycles. The van der Waals surface area contributed by atoms with Gasteiger partial charge in [-0.15, -0.1) is 0 Å². The molecular weight excluding hydrogens is 374 g/mol. The molecule has 1 aliphatic carbocycles. The minimum absolute atomic E-state index is 0.127. The van der Waals surface area contributed by atoms with Crippen molar-refractivity contribution < 1.29 is 23.8 Å². The molecule has 1 aliphatic rings. The Kier molecular flexibility index (Phi) is 6.25. The SMILES string of the molecule is CC(C)C[C@H](NC(=O)C(C)Oc1ccc2c3c(c(=O)oc2c1)CCCC3)C(=O)O. The third-order valence-corrected chi connectivity index (χ3v) is 5.20. The third-order valence-electron chi connectivity index (χ3n) is 5.20. The quantitative estimate of drug-likeness (QED) is 0.691. The molecule has 7 nitrogen and oxygen atoms in total. The van der Waals surface area contributed by atoms with Gasteiger partial charge in [-0.05, 0) is 62.6 Å². The lowest BCUT2D eigenvalue weighted by Gasteiger charge is -2.20. The number of benzene rings is 1. The van der Waals surface area contributed by atoms with Crippen LogP contribution in [0.4, 0.5) is 0 Å². The van der Waals surface area contributed by atoms with E-state index in [4.69, 9.17) is 9.15 Å². The van der Waals surface area contributed by atoms with Crippen LogP contribution in [0.5, 0.6) is 5.75 Å². The van der Waals surface area contributed by atoms with Gasteiger partial charge >= 0.3 is 11.6 Å². The van der Waals surface area contributed by atoms with Crippen molar-refractivity contribution in [2.75, 3.05) is 0 Å². The Balaban J connectivity index is 1.76. The van der Waals surface area contributed by atoms with Crippen LogP contribution in [-0.2, 0) is 22.4 Å². The topological polar surface area (TPSA) is 106 Å². The lowest BCUT2D eigenvalue weighted by Crippen LogP contribution is -2.46. The standard InChI is InChI=1S/C22H27NO6/c1-12(2)10-18(21(25)26)23-20(24)13(3)28-14-8-9-16-15-6-4-5-7-17(15)22(27)29-19(16)11-14/h8-9,11-13,18H,4-7,10H2,1-3H3,(H,23,24)(H,25,26)/t13?,18-/m0/s1. The molecule has 3 rings (SSSR count). The highest BCUT2D eigenvalue weighted by Gasteiger charge is 2.25. The fraction of sp³-hybridized carbons (Fsp3) is 0.500. The van der Waals surface area contributed by atoms with E-state index in [1.807, 2.05) is 19.9 Å². The maximum absolute atomic E-state index is 12.4. The molecule has 0 bridgehead atoms. The number of carbonyl (C=O) groups excluding carboxylic acids is 1. The summed E-state index contributed by atoms with van der Waals surface area (Å²) in [5.74, 6) is -1.07. The molecule has 29 heavy (non-hydrogen) atoms. The van der Waals surface area contributed by atoms with Gasteiger partial charge in [-0.25, -0.2) is 9.59 Å². The van der Waals surface area contributed by atoms with Crippen molar-refractivity contribution in [1.29, 1.82) is 0 Å². The number of carbonyl (C=O) groups is 2. The van der Waals surface area contributed by atoms with Gasteiger partial charge in [0.05, 0.1) is 0 Å². The Morgan fingerprint density at radius 3 is 2.52 bits per heavy atom. The fourth-order valence-corrected chi connectivity index (χ4v) is 3.74. The molecule has 1 aromatic heterocycles. The molecule has 1 heterocycles. The van der Waals surface area contributed by atoms with Crippen LogP contribution < -0.4 is 15.7 Å². The number of hydrogen-bond acceptors (Lipinski definition) is 5. The summed E-state index contributed by atoms with van der Waals surface area (Å²) in [6, 6.07) is 4.23. The summed E-state index contributed by atoms with van der Waals surface area (Å²) in [5, 5.41) is 12.7. The van der Waals surface area contributed by atoms with Crippen LogP contribution in [-0.4, -0.2) is 29.1 Å². The number of amides is 1. The first-order chi connectivity index (χ1) is 13.8. The lowest BCUT2D eigenvalue weighted by atomic mass is 9.91. The third kappa shape index (κ3) is 4.78. The van der Waals surface area contributed by atoms with Gasteiger partial charge in [-0.2, -0.15) is 0 Å². The first kappa shape index (κ1) is 20.9. The van der Waals surface area contributed by atoms with Crippen LogP contribution in [0.25, 0.3) is 11.0 Å². The number of hydrogen-bond donors (Lipinski definition) is 2. The van der Waals surface area contributed by atoms with Crippen molar-refractivity contribution in [2.24, 2.45) is 5.92 Å². The Morgan fingerprint density at radius 2 is 1.86 bits per heavy atom. The van der Waals surface area contributed by atoms with E-state index in [2.05, 4.69) is 5.32 Å². The number of carboxylic acid groups (broad SMARTS) is 1. The zero-order chi connectivity index (χ0) is 21.1. The molecule has 0 spiro atoms. The number of nitrogens with one attached hydrogen (secondary N) is 1. The number of aliphatic carboxylic acids is 1. The maximum Gasteiger partial charge on any atom is 0.339 e. The van der Waals surface area contributed by atoms with Crippen LogP contribution in [0.3, 0.4) is 0 Å². The van der Waals surface area contributed by atoms with Crippen LogP contribution >= 0.6 is 0 Å². The number of ether oxygens (including phenoxy) is 1. The van der Waals surface area contributed by atoms with E-state index in [-0.39, 0.29) is 11.5 Å². The molecular formula is C22H27NO6. The number of carboxylic acids is 1. The summed E-state index contributed by atoms with van der Waals surface area (Å²) < 4.78 is 11.2. The fourth-order valence-electron chi connectivity index (χ4n) is 3.74. The average Bonchev–Trinajstić information content (AvgIpc) is 2.67. The molecule has 2 atom stereocenters. The molecule has 1 amide bonds. The van der Waals surface area contributed by atoms with Crippen LogP contribution in [0.15, 0.2) is 27.4 Å². The Labute approximate surface area is 169 Å². The van der Waals surface area contributed by atoms with Crippen molar-refractivity contribution in [1.82, 2.24) is 5.32 Å². The first-order valence-electron chi connectivity index (χ1n) is 10.0. The van der Waals surface area contributed by atoms with E-state index >= 15 is 0 Å². The van der Waals surface area contributed by atoms with Gasteiger partial charge in [-0.1, -0.05) is 13.8 Å². The molecule has 7 heteroatoms. The van der Waals surface area contributed by atoms with Crippen LogP contribution in [0.1, 0.15) is 51.2 Å². The van der Waals surface area contributed by atoms with Gasteiger partial charge in [0.15, 0.2) is 6.10 Å². The maximum atomic E-state index is 12.4. The van der Waals surface area contributed by atoms with Crippen molar-refractivity contribution in [3.63, 3.8) is 0 Å². The Bertz CT molecular complexity index is 977. The molecule has 0 saturated heterocycles. The average molecular weight is 401 g/mol. The molecule has 0 fully saturated rings. The van der Waals surface area contributed by atoms with Gasteiger partial charge < -0.3 is 19.6 Å². The molecule has 1 aromatic carbocycles. The van der Waals surface area contributed by atoms with Crippen molar-refractivity contribution in [2.45, 2.75) is 65.0 Å². The Morgan fingerprint density at radius 1 is 1.17 bits per heavy atom. The molecule has 0 aliphatic heterocycles. The van der Waals surface area contributed by atoms with E-state index in [9.17, 15) is 19.5 Å². The highest BCUT2D eigenvalue weighted by atomic mass is 16.5. The van der Waals surface area contributed by atoms with Gasteiger partial charge in [-0.3, -0.25) is 4.79 Å². The van der Waals surface area contributed by atoms with Gasteiger partial charge in [0.1, 0.15) is 17.4 Å². The second-order valence-electron chi connectivity index (χ2n) is 8.00. The monoisotopic (exact) mass is 401 g/mol. The lowest BCUT2D eigenvalue weighted by molar-refractivity contribution is -0.143. The second-order valence-corrected chi connectivity index (χ2v) is 8.00. The summed E-state index contributed by atoms with van der Waals surface area (Å²) in [7, 11) is 0. The molecule has 2 N–H and O–H groups in total. The summed E-state index contributed by atoms with van der Waals surface area (Å²) in [5.41, 5.74) is 1.92. The van der Waals surface area contributed by atoms with E-state index in [1.54, 1.807) is 19.1 Å². The minimum Gasteiger partial charge on any atom is -0.481 e. The zero-order valence-electron chi connectivity index (χ0n) is 17.0. The van der Waals surface area contributed by atoms with Crippen molar-refractivity contribution in [3.05, 3.63) is 39.7 Å². The van der Waals surface area contributed by atoms with Gasteiger partial charge in [0, 0.05) is 17.0 Å². The number of fused-ring (bicyclic) bond motifs is 3. The zero-order valence-corrected chi connectivity index (χ0v) is 17.0. The van der Waals surface area contributed by atoms with E-state index in [0.29, 0.717) is 17.8 Å². The highest BCUT2D eigenvalue weighted by molar-refractivity contribution is 5.86. The molecule has 1 unspecified atom stereocenters. The molecule has 0 radical (unpaired) electrons. The first-order valence-corrected chi connectivity index (χ1v) is 10.0. The Hall–Kier alpha value is -2.83. The predicted octanol–water partition coefficient (Wildman–Crippen LogP) is 3.05. The van der Waals surface area contributed by atoms with E-state index in [0.717, 1.165) is 42.2 Å². The summed E-state index contributed by atoms with van der Waals surface area (Å²) in [4.78, 5) is 36.0. The molecule has 156 valence electrons. The molecule has 2 aromatic rings. The van der Waals surface area contributed by atoms with E-state index in [1.165, 1.54) is 0 Å². The minimum atomic E-state index is -1.07. The predicted molar refractivity (Wildman–Crippen MR) is 108 cm³/mol. The second kappa shape index (κ2) is 8.68. The summed E-state index contributed by atoms with van der Waals surface area (Å²) in [6.07, 6.45) is 3.06. The van der Waals surface area contributed by atoms with E-state index < -0.39 is 24.0 Å². The normalized spacial score (nSPS) is 15.6. The van der Waals surface area contributed by atoms with Crippen molar-refractivity contribution >= 4 is 22.8 Å². The number of rotatable bonds is 7. The smallest absolute Gasteiger partial charge is 0.339 e. The summed E-state index contributed by atoms with van der Waals surface area (Å²) in [6.45, 7) is 5.34. The van der Waals surface area contributed by atoms with Crippen LogP contribution in [0, 0.1) is 5.92 Å². The van der Waals surface area contributed by atoms with Gasteiger partial charge in [0.25, 0.3) is 5.91 Å². The van der Waals surface area contributed by atoms with Crippen molar-refractivity contribution in [3.8, 4) is 5.75 Å². The summed E-state index contributed by atoms with van der Waals surface area (Å²) >= 11 is 0. The largest absolute Gasteiger partial charge is 0.481 e. The van der Waals surface area contributed by atoms with Gasteiger partial charge in [0.2, 0.25) is 0 Å².